The van der Waals surface area contributed by atoms with Crippen LogP contribution in [0.1, 0.15) is 85.5 Å². The van der Waals surface area contributed by atoms with Gasteiger partial charge in [0.05, 0.1) is 0 Å². The van der Waals surface area contributed by atoms with Crippen molar-refractivity contribution in [3.05, 3.63) is 0 Å². The molecule has 0 radical (unpaired) electrons. The lowest BCUT2D eigenvalue weighted by atomic mass is 9.96. The summed E-state index contributed by atoms with van der Waals surface area (Å²) in [7, 11) is -1.83. The minimum Gasteiger partial charge on any atom is -0.311 e. The summed E-state index contributed by atoms with van der Waals surface area (Å²) in [6, 6.07) is 1.85. The number of rotatable bonds is 7. The predicted octanol–water partition coefficient (Wildman–Crippen LogP) is 3.79. The number of hydrogen-bond acceptors (Lipinski definition) is 3. The van der Waals surface area contributed by atoms with Crippen molar-refractivity contribution < 1.29 is 0 Å². The van der Waals surface area contributed by atoms with E-state index in [9.17, 15) is 0 Å². The van der Waals surface area contributed by atoms with Gasteiger partial charge in [0.2, 0.25) is 0 Å². The van der Waals surface area contributed by atoms with E-state index in [1.807, 2.05) is 0 Å². The normalized spacial score (nSPS) is 22.6. The van der Waals surface area contributed by atoms with Gasteiger partial charge < -0.3 is 14.9 Å². The quantitative estimate of drug-likeness (QED) is 0.626. The maximum atomic E-state index is 4.19. The minimum absolute atomic E-state index is 0.555. The summed E-state index contributed by atoms with van der Waals surface area (Å²) in [5.74, 6) is 0. The van der Waals surface area contributed by atoms with Crippen molar-refractivity contribution in [1.82, 2.24) is 14.9 Å². The van der Waals surface area contributed by atoms with Crippen LogP contribution < -0.4 is 14.9 Å². The first-order valence-corrected chi connectivity index (χ1v) is 11.4. The topological polar surface area (TPSA) is 36.1 Å². The molecular weight excluding hydrogens is 274 g/mol. The molecule has 0 heterocycles. The van der Waals surface area contributed by atoms with Crippen LogP contribution in [0.25, 0.3) is 0 Å². The summed E-state index contributed by atoms with van der Waals surface area (Å²) in [6.07, 6.45) is 12.7. The fraction of sp³-hybridized carbons (Fsp3) is 1.00. The predicted molar refractivity (Wildman–Crippen MR) is 94.5 cm³/mol. The molecule has 0 unspecified atom stereocenters. The fourth-order valence-electron chi connectivity index (χ4n) is 4.32. The van der Waals surface area contributed by atoms with Gasteiger partial charge in [-0.1, -0.05) is 59.8 Å². The van der Waals surface area contributed by atoms with Crippen molar-refractivity contribution in [2.45, 2.75) is 109 Å². The molecule has 2 fully saturated rings. The summed E-state index contributed by atoms with van der Waals surface area (Å²) in [6.45, 7) is 9.23. The van der Waals surface area contributed by atoms with Crippen molar-refractivity contribution in [3.63, 3.8) is 0 Å². The third-order valence-corrected chi connectivity index (χ3v) is 9.77. The highest BCUT2D eigenvalue weighted by Crippen LogP contribution is 2.36. The molecule has 21 heavy (non-hydrogen) atoms. The van der Waals surface area contributed by atoms with Crippen molar-refractivity contribution in [2.24, 2.45) is 0 Å². The summed E-state index contributed by atoms with van der Waals surface area (Å²) in [5, 5.41) is 0. The monoisotopic (exact) mass is 311 g/mol. The average Bonchev–Trinajstić information content (AvgIpc) is 2.92. The van der Waals surface area contributed by atoms with Crippen LogP contribution in [0.5, 0.6) is 0 Å². The standard InChI is InChI=1S/C17H37N3Si/c1-14(2)18-21(19-15(3)4,17-12-8-9-13-17)20-16-10-6-5-7-11-16/h14-20H,5-13H2,1-4H3. The summed E-state index contributed by atoms with van der Waals surface area (Å²) in [4.78, 5) is 12.3. The lowest BCUT2D eigenvalue weighted by Gasteiger charge is -2.44. The van der Waals surface area contributed by atoms with E-state index in [2.05, 4.69) is 42.6 Å². The van der Waals surface area contributed by atoms with Gasteiger partial charge in [0.25, 0.3) is 8.56 Å². The zero-order chi connectivity index (χ0) is 15.3. The van der Waals surface area contributed by atoms with Gasteiger partial charge in [0, 0.05) is 6.04 Å². The van der Waals surface area contributed by atoms with Crippen molar-refractivity contribution in [3.8, 4) is 0 Å². The molecule has 0 aliphatic heterocycles. The highest BCUT2D eigenvalue weighted by Gasteiger charge is 2.46. The maximum absolute atomic E-state index is 4.19. The molecule has 4 heteroatoms. The molecule has 3 nitrogen and oxygen atoms in total. The molecule has 0 saturated heterocycles. The Bertz CT molecular complexity index is 284. The molecule has 0 atom stereocenters. The van der Waals surface area contributed by atoms with E-state index < -0.39 is 8.56 Å². The van der Waals surface area contributed by atoms with Gasteiger partial charge in [0.1, 0.15) is 0 Å². The fourth-order valence-corrected chi connectivity index (χ4v) is 9.30. The highest BCUT2D eigenvalue weighted by atomic mass is 28.4. The SMILES string of the molecule is CC(C)N[Si](NC(C)C)(NC1CCCCC1)C1CCCC1. The van der Waals surface area contributed by atoms with Crippen LogP contribution >= 0.6 is 0 Å². The Morgan fingerprint density at radius 3 is 1.67 bits per heavy atom. The van der Waals surface area contributed by atoms with E-state index in [1.54, 1.807) is 0 Å². The molecular formula is C17H37N3Si. The molecule has 2 aliphatic rings. The average molecular weight is 312 g/mol. The Morgan fingerprint density at radius 2 is 1.19 bits per heavy atom. The van der Waals surface area contributed by atoms with Crippen molar-refractivity contribution in [2.75, 3.05) is 0 Å². The summed E-state index contributed by atoms with van der Waals surface area (Å²) < 4.78 is 0. The van der Waals surface area contributed by atoms with Gasteiger partial charge in [-0.2, -0.15) is 0 Å². The summed E-state index contributed by atoms with van der Waals surface area (Å²) in [5.41, 5.74) is 0.851. The first-order chi connectivity index (χ1) is 10.0. The van der Waals surface area contributed by atoms with Crippen LogP contribution in [0.4, 0.5) is 0 Å². The van der Waals surface area contributed by atoms with E-state index in [1.165, 1.54) is 57.8 Å². The molecule has 3 N–H and O–H groups in total. The van der Waals surface area contributed by atoms with Gasteiger partial charge in [-0.15, -0.1) is 0 Å². The van der Waals surface area contributed by atoms with Crippen LogP contribution in [-0.4, -0.2) is 26.7 Å². The summed E-state index contributed by atoms with van der Waals surface area (Å²) >= 11 is 0. The molecule has 2 aliphatic carbocycles. The van der Waals surface area contributed by atoms with E-state index in [4.69, 9.17) is 0 Å². The third kappa shape index (κ3) is 5.05. The lowest BCUT2D eigenvalue weighted by Crippen LogP contribution is -2.78. The first kappa shape index (κ1) is 17.5. The third-order valence-electron chi connectivity index (χ3n) is 5.04. The van der Waals surface area contributed by atoms with Crippen LogP contribution in [0, 0.1) is 0 Å². The first-order valence-electron chi connectivity index (χ1n) is 9.35. The molecule has 124 valence electrons. The smallest absolute Gasteiger partial charge is 0.285 e. The lowest BCUT2D eigenvalue weighted by molar-refractivity contribution is 0.399. The highest BCUT2D eigenvalue weighted by molar-refractivity contribution is 6.74. The van der Waals surface area contributed by atoms with Crippen LogP contribution in [0.15, 0.2) is 0 Å². The maximum Gasteiger partial charge on any atom is 0.285 e. The van der Waals surface area contributed by atoms with E-state index in [-0.39, 0.29) is 0 Å². The molecule has 0 spiro atoms. The number of hydrogen-bond donors (Lipinski definition) is 3. The Labute approximate surface area is 133 Å². The second-order valence-corrected chi connectivity index (χ2v) is 11.2. The zero-order valence-corrected chi connectivity index (χ0v) is 15.7. The van der Waals surface area contributed by atoms with Gasteiger partial charge in [-0.3, -0.25) is 0 Å². The van der Waals surface area contributed by atoms with E-state index in [0.717, 1.165) is 11.6 Å². The van der Waals surface area contributed by atoms with E-state index >= 15 is 0 Å². The largest absolute Gasteiger partial charge is 0.311 e. The van der Waals surface area contributed by atoms with Gasteiger partial charge in [-0.25, -0.2) is 0 Å². The van der Waals surface area contributed by atoms with Crippen LogP contribution in [-0.2, 0) is 0 Å². The van der Waals surface area contributed by atoms with Gasteiger partial charge in [-0.05, 0) is 43.3 Å². The molecule has 0 aromatic carbocycles. The van der Waals surface area contributed by atoms with Crippen molar-refractivity contribution in [1.29, 1.82) is 0 Å². The Hall–Kier alpha value is 0.0969. The van der Waals surface area contributed by atoms with Crippen LogP contribution in [0.2, 0.25) is 5.54 Å². The molecule has 0 bridgehead atoms. The molecule has 0 amide bonds. The Balaban J connectivity index is 2.14. The number of nitrogens with one attached hydrogen (secondary N) is 3. The Kier molecular flexibility index (Phi) is 6.72. The molecule has 2 saturated carbocycles. The van der Waals surface area contributed by atoms with Gasteiger partial charge in [0.15, 0.2) is 0 Å². The second-order valence-electron chi connectivity index (χ2n) is 7.87. The zero-order valence-electron chi connectivity index (χ0n) is 14.7. The minimum atomic E-state index is -1.83. The molecule has 0 aromatic heterocycles. The van der Waals surface area contributed by atoms with Gasteiger partial charge >= 0.3 is 0 Å². The molecule has 0 aromatic rings. The molecule has 2 rings (SSSR count). The van der Waals surface area contributed by atoms with E-state index in [0.29, 0.717) is 12.1 Å². The second kappa shape index (κ2) is 8.09. The van der Waals surface area contributed by atoms with Crippen molar-refractivity contribution >= 4 is 8.56 Å². The Morgan fingerprint density at radius 1 is 0.714 bits per heavy atom. The van der Waals surface area contributed by atoms with Crippen LogP contribution in [0.3, 0.4) is 0 Å².